The first kappa shape index (κ1) is 15.7. The summed E-state index contributed by atoms with van der Waals surface area (Å²) in [5.41, 5.74) is 2.10. The molecule has 23 heavy (non-hydrogen) atoms. The molecule has 2 aromatic carbocycles. The molecule has 1 heterocycles. The van der Waals surface area contributed by atoms with Crippen LogP contribution < -0.4 is 14.8 Å². The van der Waals surface area contributed by atoms with Crippen molar-refractivity contribution in [3.63, 3.8) is 0 Å². The molecule has 1 atom stereocenters. The average molecular weight is 332 g/mol. The van der Waals surface area contributed by atoms with Crippen molar-refractivity contribution in [2.75, 3.05) is 11.9 Å². The van der Waals surface area contributed by atoms with Crippen LogP contribution in [0.4, 0.5) is 5.69 Å². The van der Waals surface area contributed by atoms with Gasteiger partial charge in [-0.1, -0.05) is 23.7 Å². The Labute approximate surface area is 140 Å². The van der Waals surface area contributed by atoms with Crippen LogP contribution >= 0.6 is 11.6 Å². The zero-order valence-electron chi connectivity index (χ0n) is 13.1. The van der Waals surface area contributed by atoms with Crippen LogP contribution in [0.3, 0.4) is 0 Å². The van der Waals surface area contributed by atoms with E-state index in [9.17, 15) is 4.79 Å². The van der Waals surface area contributed by atoms with Gasteiger partial charge in [0.25, 0.3) is 5.91 Å². The maximum atomic E-state index is 12.5. The van der Waals surface area contributed by atoms with E-state index in [0.29, 0.717) is 28.6 Å². The Bertz CT molecular complexity index is 745. The van der Waals surface area contributed by atoms with Gasteiger partial charge in [-0.25, -0.2) is 0 Å². The van der Waals surface area contributed by atoms with Crippen LogP contribution in [0.5, 0.6) is 11.5 Å². The third-order valence-corrected chi connectivity index (χ3v) is 3.99. The van der Waals surface area contributed by atoms with Gasteiger partial charge in [-0.15, -0.1) is 0 Å². The number of hydrogen-bond acceptors (Lipinski definition) is 3. The van der Waals surface area contributed by atoms with Crippen molar-refractivity contribution in [3.05, 3.63) is 52.5 Å². The van der Waals surface area contributed by atoms with Crippen molar-refractivity contribution >= 4 is 23.2 Å². The Kier molecular flexibility index (Phi) is 4.44. The van der Waals surface area contributed by atoms with Gasteiger partial charge in [0.15, 0.2) is 0 Å². The van der Waals surface area contributed by atoms with Crippen LogP contribution in [-0.2, 0) is 6.42 Å². The van der Waals surface area contributed by atoms with E-state index in [1.807, 2.05) is 26.0 Å². The number of fused-ring (bicyclic) bond motifs is 1. The lowest BCUT2D eigenvalue weighted by molar-refractivity contribution is 0.102. The third-order valence-electron chi connectivity index (χ3n) is 3.66. The Hall–Kier alpha value is -2.20. The molecular weight excluding hydrogens is 314 g/mol. The molecule has 1 amide bonds. The summed E-state index contributed by atoms with van der Waals surface area (Å²) in [6.07, 6.45) is 0.975. The molecule has 3 rings (SSSR count). The highest BCUT2D eigenvalue weighted by Crippen LogP contribution is 2.38. The molecule has 1 aliphatic rings. The van der Waals surface area contributed by atoms with Gasteiger partial charge in [0, 0.05) is 18.1 Å². The molecule has 0 spiro atoms. The number of ether oxygens (including phenoxy) is 2. The highest BCUT2D eigenvalue weighted by molar-refractivity contribution is 6.34. The van der Waals surface area contributed by atoms with Crippen molar-refractivity contribution in [1.29, 1.82) is 0 Å². The van der Waals surface area contributed by atoms with E-state index in [0.717, 1.165) is 17.7 Å². The second-order valence-electron chi connectivity index (χ2n) is 5.46. The molecule has 2 aromatic rings. The Morgan fingerprint density at radius 1 is 1.39 bits per heavy atom. The van der Waals surface area contributed by atoms with Gasteiger partial charge in [-0.2, -0.15) is 0 Å². The SMILES string of the molecule is CCOc1cc2c(cc1NC(=O)c1ccccc1Cl)O[C@H](C)C2. The summed E-state index contributed by atoms with van der Waals surface area (Å²) < 4.78 is 11.4. The zero-order valence-corrected chi connectivity index (χ0v) is 13.8. The minimum atomic E-state index is -0.275. The summed E-state index contributed by atoms with van der Waals surface area (Å²) >= 11 is 6.08. The Morgan fingerprint density at radius 2 is 2.17 bits per heavy atom. The quantitative estimate of drug-likeness (QED) is 0.907. The van der Waals surface area contributed by atoms with Crippen LogP contribution in [0.1, 0.15) is 29.8 Å². The molecule has 1 aliphatic heterocycles. The van der Waals surface area contributed by atoms with Crippen molar-refractivity contribution in [2.24, 2.45) is 0 Å². The third kappa shape index (κ3) is 3.27. The lowest BCUT2D eigenvalue weighted by Gasteiger charge is -2.14. The standard InChI is InChI=1S/C18H18ClNO3/c1-3-22-17-9-12-8-11(2)23-16(12)10-15(17)20-18(21)13-6-4-5-7-14(13)19/h4-7,9-11H,3,8H2,1-2H3,(H,20,21)/t11-/m1/s1. The fraction of sp³-hybridized carbons (Fsp3) is 0.278. The monoisotopic (exact) mass is 331 g/mol. The number of halogens is 1. The van der Waals surface area contributed by atoms with Crippen molar-refractivity contribution in [1.82, 2.24) is 0 Å². The summed E-state index contributed by atoms with van der Waals surface area (Å²) in [6.45, 7) is 4.44. The normalized spacial score (nSPS) is 15.7. The second-order valence-corrected chi connectivity index (χ2v) is 5.86. The van der Waals surface area contributed by atoms with Crippen LogP contribution in [0.25, 0.3) is 0 Å². The molecule has 0 aromatic heterocycles. The first-order chi connectivity index (χ1) is 11.1. The first-order valence-corrected chi connectivity index (χ1v) is 7.98. The predicted octanol–water partition coefficient (Wildman–Crippen LogP) is 4.31. The lowest BCUT2D eigenvalue weighted by atomic mass is 10.1. The maximum Gasteiger partial charge on any atom is 0.257 e. The number of benzene rings is 2. The van der Waals surface area contributed by atoms with Crippen LogP contribution in [0.15, 0.2) is 36.4 Å². The molecule has 1 N–H and O–H groups in total. The smallest absolute Gasteiger partial charge is 0.257 e. The molecule has 4 nitrogen and oxygen atoms in total. The van der Waals surface area contributed by atoms with Crippen molar-refractivity contribution in [3.8, 4) is 11.5 Å². The zero-order chi connectivity index (χ0) is 16.4. The van der Waals surface area contributed by atoms with Gasteiger partial charge in [0.05, 0.1) is 22.9 Å². The molecule has 0 bridgehead atoms. The van der Waals surface area contributed by atoms with Crippen LogP contribution in [-0.4, -0.2) is 18.6 Å². The number of hydrogen-bond donors (Lipinski definition) is 1. The highest BCUT2D eigenvalue weighted by Gasteiger charge is 2.23. The van der Waals surface area contributed by atoms with Crippen LogP contribution in [0, 0.1) is 0 Å². The number of nitrogens with one attached hydrogen (secondary N) is 1. The number of amides is 1. The van der Waals surface area contributed by atoms with Gasteiger partial charge in [-0.3, -0.25) is 4.79 Å². The number of rotatable bonds is 4. The molecule has 0 aliphatic carbocycles. The van der Waals surface area contributed by atoms with Crippen molar-refractivity contribution < 1.29 is 14.3 Å². The summed E-state index contributed by atoms with van der Waals surface area (Å²) in [5, 5.41) is 3.28. The highest BCUT2D eigenvalue weighted by atomic mass is 35.5. The predicted molar refractivity (Wildman–Crippen MR) is 90.8 cm³/mol. The molecule has 120 valence electrons. The van der Waals surface area contributed by atoms with E-state index in [-0.39, 0.29) is 12.0 Å². The molecular formula is C18H18ClNO3. The Morgan fingerprint density at radius 3 is 2.91 bits per heavy atom. The van der Waals surface area contributed by atoms with Gasteiger partial charge in [-0.05, 0) is 32.0 Å². The molecule has 5 heteroatoms. The van der Waals surface area contributed by atoms with E-state index < -0.39 is 0 Å². The lowest BCUT2D eigenvalue weighted by Crippen LogP contribution is -2.13. The summed E-state index contributed by atoms with van der Waals surface area (Å²) in [5.74, 6) is 1.15. The van der Waals surface area contributed by atoms with E-state index in [2.05, 4.69) is 5.32 Å². The topological polar surface area (TPSA) is 47.6 Å². The fourth-order valence-electron chi connectivity index (χ4n) is 2.65. The van der Waals surface area contributed by atoms with Gasteiger partial charge >= 0.3 is 0 Å². The molecule has 0 unspecified atom stereocenters. The van der Waals surface area contributed by atoms with E-state index in [1.165, 1.54) is 0 Å². The molecule has 0 fully saturated rings. The van der Waals surface area contributed by atoms with Gasteiger partial charge in [0.2, 0.25) is 0 Å². The minimum absolute atomic E-state index is 0.133. The minimum Gasteiger partial charge on any atom is -0.492 e. The molecule has 0 radical (unpaired) electrons. The summed E-state index contributed by atoms with van der Waals surface area (Å²) in [7, 11) is 0. The van der Waals surface area contributed by atoms with E-state index >= 15 is 0 Å². The first-order valence-electron chi connectivity index (χ1n) is 7.60. The summed E-state index contributed by atoms with van der Waals surface area (Å²) in [6, 6.07) is 10.7. The number of carbonyl (C=O) groups is 1. The van der Waals surface area contributed by atoms with Gasteiger partial charge in [0.1, 0.15) is 17.6 Å². The summed E-state index contributed by atoms with van der Waals surface area (Å²) in [4.78, 5) is 12.5. The van der Waals surface area contributed by atoms with E-state index in [1.54, 1.807) is 24.3 Å². The fourth-order valence-corrected chi connectivity index (χ4v) is 2.87. The number of anilines is 1. The average Bonchev–Trinajstić information content (AvgIpc) is 2.87. The maximum absolute atomic E-state index is 12.5. The van der Waals surface area contributed by atoms with Crippen LogP contribution in [0.2, 0.25) is 5.02 Å². The largest absolute Gasteiger partial charge is 0.492 e. The second kappa shape index (κ2) is 6.50. The van der Waals surface area contributed by atoms with Gasteiger partial charge < -0.3 is 14.8 Å². The molecule has 0 saturated heterocycles. The molecule has 0 saturated carbocycles. The van der Waals surface area contributed by atoms with Crippen molar-refractivity contribution in [2.45, 2.75) is 26.4 Å². The number of carbonyl (C=O) groups excluding carboxylic acids is 1. The Balaban J connectivity index is 1.91. The van der Waals surface area contributed by atoms with E-state index in [4.69, 9.17) is 21.1 Å².